The Kier molecular flexibility index (Phi) is 10.3. The van der Waals surface area contributed by atoms with E-state index in [2.05, 4.69) is 15.3 Å². The number of rotatable bonds is 7. The third kappa shape index (κ3) is 8.02. The van der Waals surface area contributed by atoms with Gasteiger partial charge in [0, 0.05) is 38.4 Å². The van der Waals surface area contributed by atoms with Crippen molar-refractivity contribution in [3.05, 3.63) is 58.6 Å². The Morgan fingerprint density at radius 3 is 2.18 bits per heavy atom. The maximum absolute atomic E-state index is 14.1. The van der Waals surface area contributed by atoms with Gasteiger partial charge in [0.1, 0.15) is 33.0 Å². The molecule has 45 heavy (non-hydrogen) atoms. The second kappa shape index (κ2) is 13.6. The zero-order valence-corrected chi connectivity index (χ0v) is 24.8. The lowest BCUT2D eigenvalue weighted by atomic mass is 10.1. The number of ketones is 1. The van der Waals surface area contributed by atoms with Crippen molar-refractivity contribution in [2.75, 3.05) is 42.1 Å². The second-order valence-electron chi connectivity index (χ2n) is 10.0. The van der Waals surface area contributed by atoms with Crippen molar-refractivity contribution in [1.29, 1.82) is 0 Å². The summed E-state index contributed by atoms with van der Waals surface area (Å²) in [4.78, 5) is 32.0. The Morgan fingerprint density at radius 2 is 1.67 bits per heavy atom. The lowest BCUT2D eigenvalue weighted by Crippen LogP contribution is -2.42. The molecule has 12 nitrogen and oxygen atoms in total. The fraction of sp³-hybridized carbons (Fsp3) is 0.385. The number of carbonyl (C=O) groups excluding carboxylic acids is 1. The van der Waals surface area contributed by atoms with Crippen LogP contribution < -0.4 is 16.0 Å². The number of carboxylic acid groups (broad SMARTS) is 1. The van der Waals surface area contributed by atoms with E-state index < -0.39 is 51.3 Å². The van der Waals surface area contributed by atoms with Crippen molar-refractivity contribution in [2.45, 2.75) is 42.5 Å². The first-order valence-electron chi connectivity index (χ1n) is 13.3. The summed E-state index contributed by atoms with van der Waals surface area (Å²) in [5, 5.41) is 20.3. The number of hydrogen-bond donors (Lipinski definition) is 4. The van der Waals surface area contributed by atoms with Gasteiger partial charge in [-0.3, -0.25) is 4.79 Å². The number of anilines is 3. The van der Waals surface area contributed by atoms with Crippen LogP contribution in [0.25, 0.3) is 0 Å². The minimum Gasteiger partial charge on any atom is -0.475 e. The third-order valence-corrected chi connectivity index (χ3v) is 9.80. The summed E-state index contributed by atoms with van der Waals surface area (Å²) in [5.41, 5.74) is 5.18. The van der Waals surface area contributed by atoms with Crippen LogP contribution in [0.3, 0.4) is 0 Å². The van der Waals surface area contributed by atoms with Gasteiger partial charge in [0.2, 0.25) is 15.8 Å². The van der Waals surface area contributed by atoms with Crippen LogP contribution in [0.15, 0.2) is 41.4 Å². The summed E-state index contributed by atoms with van der Waals surface area (Å²) in [5.74, 6) is -5.11. The van der Waals surface area contributed by atoms with Crippen LogP contribution in [0.1, 0.15) is 34.5 Å². The molecule has 2 saturated heterocycles. The summed E-state index contributed by atoms with van der Waals surface area (Å²) < 4.78 is 87.5. The minimum atomic E-state index is -5.08. The lowest BCUT2D eigenvalue weighted by molar-refractivity contribution is -0.192. The van der Waals surface area contributed by atoms with Gasteiger partial charge in [-0.1, -0.05) is 17.4 Å². The van der Waals surface area contributed by atoms with Gasteiger partial charge < -0.3 is 26.2 Å². The highest BCUT2D eigenvalue weighted by Crippen LogP contribution is 2.31. The summed E-state index contributed by atoms with van der Waals surface area (Å²) in [6.45, 7) is 1.65. The number of aliphatic hydroxyl groups is 1. The van der Waals surface area contributed by atoms with Gasteiger partial charge in [0.25, 0.3) is 0 Å². The van der Waals surface area contributed by atoms with E-state index in [0.29, 0.717) is 43.3 Å². The first-order valence-corrected chi connectivity index (χ1v) is 15.5. The third-order valence-electron chi connectivity index (χ3n) is 6.92. The van der Waals surface area contributed by atoms with Gasteiger partial charge >= 0.3 is 12.1 Å². The molecule has 0 spiro atoms. The van der Waals surface area contributed by atoms with Crippen LogP contribution >= 0.6 is 11.3 Å². The Bertz CT molecular complexity index is 1630. The first-order chi connectivity index (χ1) is 21.1. The van der Waals surface area contributed by atoms with Gasteiger partial charge in [-0.2, -0.15) is 17.5 Å². The molecule has 5 N–H and O–H groups in total. The normalized spacial score (nSPS) is 17.9. The lowest BCUT2D eigenvalue weighted by Gasteiger charge is -2.31. The second-order valence-corrected chi connectivity index (χ2v) is 13.0. The highest BCUT2D eigenvalue weighted by Gasteiger charge is 2.38. The molecule has 2 aliphatic heterocycles. The predicted molar refractivity (Wildman–Crippen MR) is 152 cm³/mol. The number of pyridine rings is 1. The number of alkyl halides is 3. The smallest absolute Gasteiger partial charge is 0.475 e. The number of sulfonamides is 1. The van der Waals surface area contributed by atoms with Crippen molar-refractivity contribution in [3.8, 4) is 0 Å². The zero-order valence-electron chi connectivity index (χ0n) is 23.2. The van der Waals surface area contributed by atoms with Crippen LogP contribution in [-0.2, 0) is 14.8 Å². The zero-order chi connectivity index (χ0) is 33.1. The number of aliphatic hydroxyl groups excluding tert-OH is 1. The fourth-order valence-corrected chi connectivity index (χ4v) is 6.93. The summed E-state index contributed by atoms with van der Waals surface area (Å²) in [6, 6.07) is 6.21. The van der Waals surface area contributed by atoms with E-state index in [1.165, 1.54) is 22.6 Å². The van der Waals surface area contributed by atoms with Crippen molar-refractivity contribution in [3.63, 3.8) is 0 Å². The fourth-order valence-electron chi connectivity index (χ4n) is 4.61. The van der Waals surface area contributed by atoms with E-state index in [-0.39, 0.29) is 34.7 Å². The molecule has 19 heteroatoms. The number of nitrogens with one attached hydrogen (secondary N) is 1. The van der Waals surface area contributed by atoms with Crippen molar-refractivity contribution >= 4 is 49.9 Å². The van der Waals surface area contributed by atoms with E-state index >= 15 is 0 Å². The Morgan fingerprint density at radius 1 is 1.04 bits per heavy atom. The van der Waals surface area contributed by atoms with Crippen molar-refractivity contribution < 1.29 is 50.2 Å². The number of nitrogens with zero attached hydrogens (tertiary/aromatic N) is 4. The Balaban J connectivity index is 0.000000591. The highest BCUT2D eigenvalue weighted by atomic mass is 32.2. The molecule has 1 unspecified atom stereocenters. The SMILES string of the molecule is Nc1nc(NC2CCN(S(=O)(=O)c3ccc(N4CCC(O)C4)nc3)CC2)sc1C(=O)c1c(F)cccc1F.O=C(O)C(F)(F)F. The number of benzene rings is 1. The van der Waals surface area contributed by atoms with E-state index in [0.717, 1.165) is 23.5 Å². The van der Waals surface area contributed by atoms with E-state index in [4.69, 9.17) is 15.6 Å². The molecule has 1 aromatic carbocycles. The number of hydrogen-bond acceptors (Lipinski definition) is 11. The molecule has 0 aliphatic carbocycles. The van der Waals surface area contributed by atoms with Crippen LogP contribution in [0.4, 0.5) is 38.7 Å². The number of halogens is 5. The highest BCUT2D eigenvalue weighted by molar-refractivity contribution is 7.89. The number of β-amino-alcohol motifs (C(OH)–C–C–N with tert-alkyl or cyclic N) is 1. The number of nitrogen functional groups attached to an aromatic ring is 1. The molecule has 244 valence electrons. The monoisotopic (exact) mass is 678 g/mol. The molecule has 0 radical (unpaired) electrons. The maximum atomic E-state index is 14.1. The van der Waals surface area contributed by atoms with Gasteiger partial charge in [-0.05, 0) is 43.5 Å². The molecule has 0 amide bonds. The van der Waals surface area contributed by atoms with Gasteiger partial charge in [-0.25, -0.2) is 32.0 Å². The first kappa shape index (κ1) is 33.9. The van der Waals surface area contributed by atoms with E-state index in [9.17, 15) is 40.3 Å². The number of nitrogens with two attached hydrogens (primary N) is 1. The van der Waals surface area contributed by atoms with E-state index in [1.807, 2.05) is 4.90 Å². The summed E-state index contributed by atoms with van der Waals surface area (Å²) >= 11 is 0.899. The molecular weight excluding hydrogens is 651 g/mol. The predicted octanol–water partition coefficient (Wildman–Crippen LogP) is 3.10. The molecule has 2 fully saturated rings. The van der Waals surface area contributed by atoms with Crippen LogP contribution in [0.2, 0.25) is 0 Å². The summed E-state index contributed by atoms with van der Waals surface area (Å²) in [7, 11) is -3.74. The number of piperidine rings is 1. The molecule has 2 aliphatic rings. The maximum Gasteiger partial charge on any atom is 0.490 e. The molecule has 0 bridgehead atoms. The Labute approximate surface area is 257 Å². The molecule has 2 aromatic heterocycles. The van der Waals surface area contributed by atoms with Crippen LogP contribution in [0.5, 0.6) is 0 Å². The van der Waals surface area contributed by atoms with Crippen LogP contribution in [0, 0.1) is 11.6 Å². The summed E-state index contributed by atoms with van der Waals surface area (Å²) in [6.07, 6.45) is -2.55. The number of carboxylic acids is 1. The number of aliphatic carboxylic acids is 1. The quantitative estimate of drug-likeness (QED) is 0.213. The minimum absolute atomic E-state index is 0.0732. The van der Waals surface area contributed by atoms with Crippen LogP contribution in [-0.4, -0.2) is 89.2 Å². The molecule has 0 saturated carbocycles. The van der Waals surface area contributed by atoms with Gasteiger partial charge in [0.15, 0.2) is 5.13 Å². The van der Waals surface area contributed by atoms with E-state index in [1.54, 1.807) is 6.07 Å². The Hall–Kier alpha value is -3.94. The number of thiazole rings is 1. The van der Waals surface area contributed by atoms with Gasteiger partial charge in [0.05, 0.1) is 11.7 Å². The molecule has 4 heterocycles. The largest absolute Gasteiger partial charge is 0.490 e. The topological polar surface area (TPSA) is 179 Å². The van der Waals surface area contributed by atoms with Crippen molar-refractivity contribution in [2.24, 2.45) is 0 Å². The molecular formula is C26H27F5N6O6S2. The van der Waals surface area contributed by atoms with Gasteiger partial charge in [-0.15, -0.1) is 0 Å². The van der Waals surface area contributed by atoms with Crippen molar-refractivity contribution in [1.82, 2.24) is 14.3 Å². The number of carbonyl (C=O) groups is 2. The average molecular weight is 679 g/mol. The average Bonchev–Trinajstić information content (AvgIpc) is 3.58. The molecule has 1 atom stereocenters. The standard InChI is InChI=1S/C24H26F2N6O4S2.C2HF3O2/c25-17-2-1-3-18(26)20(17)21(34)22-23(27)30-24(37-22)29-14-6-10-32(11-7-14)38(35,36)16-4-5-19(28-12-16)31-9-8-15(33)13-31;3-2(4,5)1(6)7/h1-5,12,14-15,33H,6-11,13,27H2,(H,29,30);(H,6,7). The molecule has 5 rings (SSSR count). The molecule has 3 aromatic rings. The number of aromatic nitrogens is 2.